The fourth-order valence-corrected chi connectivity index (χ4v) is 4.47. The van der Waals surface area contributed by atoms with E-state index in [0.717, 1.165) is 12.8 Å². The van der Waals surface area contributed by atoms with Crippen molar-refractivity contribution in [2.24, 2.45) is 5.92 Å². The van der Waals surface area contributed by atoms with Crippen LogP contribution in [0, 0.1) is 5.92 Å². The molecule has 122 valence electrons. The number of hydrogen-bond acceptors (Lipinski definition) is 4. The molecule has 1 saturated heterocycles. The number of aliphatic carboxylic acids is 1. The van der Waals surface area contributed by atoms with Crippen LogP contribution in [0.3, 0.4) is 0 Å². The van der Waals surface area contributed by atoms with Gasteiger partial charge in [0.05, 0.1) is 5.75 Å². The number of carboxylic acid groups (broad SMARTS) is 1. The summed E-state index contributed by atoms with van der Waals surface area (Å²) in [5.74, 6) is -0.876. The number of nitrogens with one attached hydrogen (secondary N) is 1. The standard InChI is InChI=1S/C14H25NO5S/c1-2-11(6-7-13(16)17)8-9-15-14(18)12-5-3-4-10-21(12,19)20/h11-12H,2-10H2,1H3,(H,15,18)(H,16,17). The average Bonchev–Trinajstić information content (AvgIpc) is 2.41. The number of carbonyl (C=O) groups excluding carboxylic acids is 1. The van der Waals surface area contributed by atoms with E-state index in [0.29, 0.717) is 32.2 Å². The van der Waals surface area contributed by atoms with Gasteiger partial charge in [-0.05, 0) is 31.6 Å². The highest BCUT2D eigenvalue weighted by Gasteiger charge is 2.34. The molecule has 2 unspecified atom stereocenters. The van der Waals surface area contributed by atoms with Crippen LogP contribution in [0.5, 0.6) is 0 Å². The molecular formula is C14H25NO5S. The van der Waals surface area contributed by atoms with E-state index in [2.05, 4.69) is 5.32 Å². The van der Waals surface area contributed by atoms with E-state index in [-0.39, 0.29) is 18.1 Å². The quantitative estimate of drug-likeness (QED) is 0.703. The van der Waals surface area contributed by atoms with Gasteiger partial charge in [0.2, 0.25) is 5.91 Å². The molecule has 1 aliphatic rings. The van der Waals surface area contributed by atoms with E-state index < -0.39 is 27.0 Å². The minimum absolute atomic E-state index is 0.0985. The van der Waals surface area contributed by atoms with Crippen LogP contribution < -0.4 is 5.32 Å². The summed E-state index contributed by atoms with van der Waals surface area (Å²) in [5.41, 5.74) is 0. The molecule has 21 heavy (non-hydrogen) atoms. The van der Waals surface area contributed by atoms with Crippen LogP contribution in [0.25, 0.3) is 0 Å². The van der Waals surface area contributed by atoms with Gasteiger partial charge >= 0.3 is 5.97 Å². The Morgan fingerprint density at radius 1 is 1.29 bits per heavy atom. The second-order valence-electron chi connectivity index (χ2n) is 5.64. The maximum absolute atomic E-state index is 12.0. The fraction of sp³-hybridized carbons (Fsp3) is 0.857. The van der Waals surface area contributed by atoms with Gasteiger partial charge in [0, 0.05) is 13.0 Å². The summed E-state index contributed by atoms with van der Waals surface area (Å²) in [6.45, 7) is 2.39. The second kappa shape index (κ2) is 8.36. The van der Waals surface area contributed by atoms with Crippen molar-refractivity contribution in [3.05, 3.63) is 0 Å². The van der Waals surface area contributed by atoms with Crippen molar-refractivity contribution in [2.75, 3.05) is 12.3 Å². The molecule has 2 N–H and O–H groups in total. The first-order valence-corrected chi connectivity index (χ1v) is 9.29. The third-order valence-corrected chi connectivity index (χ3v) is 6.24. The summed E-state index contributed by atoms with van der Waals surface area (Å²) in [5, 5.41) is 10.5. The lowest BCUT2D eigenvalue weighted by Crippen LogP contribution is -2.43. The van der Waals surface area contributed by atoms with Gasteiger partial charge in [0.15, 0.2) is 9.84 Å². The van der Waals surface area contributed by atoms with Crippen LogP contribution >= 0.6 is 0 Å². The summed E-state index contributed by atoms with van der Waals surface area (Å²) < 4.78 is 23.7. The van der Waals surface area contributed by atoms with Crippen LogP contribution in [-0.4, -0.2) is 42.9 Å². The molecule has 0 aromatic carbocycles. The predicted molar refractivity (Wildman–Crippen MR) is 79.7 cm³/mol. The average molecular weight is 319 g/mol. The molecule has 0 radical (unpaired) electrons. The van der Waals surface area contributed by atoms with Crippen LogP contribution in [0.4, 0.5) is 0 Å². The fourth-order valence-electron chi connectivity index (χ4n) is 2.64. The Labute approximate surface area is 126 Å². The van der Waals surface area contributed by atoms with E-state index in [4.69, 9.17) is 5.11 Å². The minimum Gasteiger partial charge on any atom is -0.481 e. The minimum atomic E-state index is -3.29. The number of carboxylic acids is 1. The van der Waals surface area contributed by atoms with Crippen LogP contribution in [0.15, 0.2) is 0 Å². The highest BCUT2D eigenvalue weighted by molar-refractivity contribution is 7.92. The summed E-state index contributed by atoms with van der Waals surface area (Å²) in [4.78, 5) is 22.5. The Bertz CT molecular complexity index is 460. The van der Waals surface area contributed by atoms with Crippen LogP contribution in [0.2, 0.25) is 0 Å². The zero-order valence-electron chi connectivity index (χ0n) is 12.5. The Hall–Kier alpha value is -1.11. The first-order chi connectivity index (χ1) is 9.86. The van der Waals surface area contributed by atoms with Gasteiger partial charge in [-0.25, -0.2) is 8.42 Å². The summed E-state index contributed by atoms with van der Waals surface area (Å²) >= 11 is 0. The lowest BCUT2D eigenvalue weighted by molar-refractivity contribution is -0.137. The van der Waals surface area contributed by atoms with E-state index in [1.807, 2.05) is 6.92 Å². The predicted octanol–water partition coefficient (Wildman–Crippen LogP) is 1.35. The molecule has 6 nitrogen and oxygen atoms in total. The molecule has 2 atom stereocenters. The Morgan fingerprint density at radius 3 is 2.57 bits per heavy atom. The first-order valence-electron chi connectivity index (χ1n) is 7.58. The smallest absolute Gasteiger partial charge is 0.303 e. The van der Waals surface area contributed by atoms with Crippen molar-refractivity contribution in [1.29, 1.82) is 0 Å². The lowest BCUT2D eigenvalue weighted by Gasteiger charge is -2.22. The van der Waals surface area contributed by atoms with E-state index in [1.54, 1.807) is 0 Å². The molecule has 1 rings (SSSR count). The largest absolute Gasteiger partial charge is 0.481 e. The van der Waals surface area contributed by atoms with Gasteiger partial charge < -0.3 is 10.4 Å². The maximum Gasteiger partial charge on any atom is 0.303 e. The number of hydrogen-bond donors (Lipinski definition) is 2. The normalized spacial score (nSPS) is 22.4. The summed E-state index contributed by atoms with van der Waals surface area (Å²) in [7, 11) is -3.29. The van der Waals surface area contributed by atoms with Gasteiger partial charge in [0.25, 0.3) is 0 Å². The topological polar surface area (TPSA) is 101 Å². The molecule has 1 amide bonds. The highest BCUT2D eigenvalue weighted by atomic mass is 32.2. The first kappa shape index (κ1) is 17.9. The molecule has 1 aliphatic heterocycles. The Kier molecular flexibility index (Phi) is 7.14. The zero-order valence-corrected chi connectivity index (χ0v) is 13.3. The molecule has 1 fully saturated rings. The molecule has 0 bridgehead atoms. The molecular weight excluding hydrogens is 294 g/mol. The zero-order chi connectivity index (χ0) is 15.9. The number of carbonyl (C=O) groups is 2. The van der Waals surface area contributed by atoms with Gasteiger partial charge in [-0.3, -0.25) is 9.59 Å². The molecule has 1 heterocycles. The highest BCUT2D eigenvalue weighted by Crippen LogP contribution is 2.20. The van der Waals surface area contributed by atoms with E-state index in [1.165, 1.54) is 0 Å². The van der Waals surface area contributed by atoms with Crippen LogP contribution in [0.1, 0.15) is 51.9 Å². The molecule has 7 heteroatoms. The van der Waals surface area contributed by atoms with Crippen molar-refractivity contribution < 1.29 is 23.1 Å². The molecule has 0 aromatic rings. The van der Waals surface area contributed by atoms with Crippen LogP contribution in [-0.2, 0) is 19.4 Å². The number of sulfone groups is 1. The SMILES string of the molecule is CCC(CCNC(=O)C1CCCCS1(=O)=O)CCC(=O)O. The van der Waals surface area contributed by atoms with Gasteiger partial charge in [-0.1, -0.05) is 19.8 Å². The van der Waals surface area contributed by atoms with Crippen molar-refractivity contribution in [2.45, 2.75) is 57.1 Å². The Balaban J connectivity index is 2.36. The number of rotatable bonds is 8. The lowest BCUT2D eigenvalue weighted by atomic mass is 9.96. The third kappa shape index (κ3) is 6.03. The molecule has 0 aliphatic carbocycles. The summed E-state index contributed by atoms with van der Waals surface area (Å²) in [6, 6.07) is 0. The maximum atomic E-state index is 12.0. The summed E-state index contributed by atoms with van der Waals surface area (Å²) in [6.07, 6.45) is 4.07. The van der Waals surface area contributed by atoms with Gasteiger partial charge in [-0.15, -0.1) is 0 Å². The van der Waals surface area contributed by atoms with Crippen molar-refractivity contribution >= 4 is 21.7 Å². The van der Waals surface area contributed by atoms with E-state index >= 15 is 0 Å². The molecule has 0 saturated carbocycles. The third-order valence-electron chi connectivity index (χ3n) is 4.07. The van der Waals surface area contributed by atoms with Gasteiger partial charge in [-0.2, -0.15) is 0 Å². The molecule has 0 spiro atoms. The second-order valence-corrected chi connectivity index (χ2v) is 7.94. The van der Waals surface area contributed by atoms with Gasteiger partial charge in [0.1, 0.15) is 5.25 Å². The van der Waals surface area contributed by atoms with Crippen molar-refractivity contribution in [1.82, 2.24) is 5.32 Å². The van der Waals surface area contributed by atoms with E-state index in [9.17, 15) is 18.0 Å². The van der Waals surface area contributed by atoms with Crippen molar-refractivity contribution in [3.63, 3.8) is 0 Å². The monoisotopic (exact) mass is 319 g/mol. The van der Waals surface area contributed by atoms with Crippen molar-refractivity contribution in [3.8, 4) is 0 Å². The molecule has 0 aromatic heterocycles. The number of amides is 1. The Morgan fingerprint density at radius 2 is 2.00 bits per heavy atom.